The first-order valence-corrected chi connectivity index (χ1v) is 9.16. The molecule has 0 amide bonds. The molecule has 0 spiro atoms. The highest BCUT2D eigenvalue weighted by atomic mass is 35.5. The van der Waals surface area contributed by atoms with Crippen LogP contribution in [0.3, 0.4) is 0 Å². The molecule has 26 heavy (non-hydrogen) atoms. The van der Waals surface area contributed by atoms with Crippen LogP contribution in [-0.4, -0.2) is 23.3 Å². The van der Waals surface area contributed by atoms with Gasteiger partial charge >= 0.3 is 6.18 Å². The van der Waals surface area contributed by atoms with Crippen molar-refractivity contribution in [3.8, 4) is 0 Å². The average Bonchev–Trinajstić information content (AvgIpc) is 2.61. The van der Waals surface area contributed by atoms with Crippen LogP contribution in [-0.2, 0) is 9.59 Å². The summed E-state index contributed by atoms with van der Waals surface area (Å²) in [6.45, 7) is 0. The number of halogens is 4. The normalized spacial score (nSPS) is 13.8. The zero-order chi connectivity index (χ0) is 19.2. The molecule has 0 saturated heterocycles. The standard InChI is InChI=1S/C19H16ClF3O2S/c20-16-9-5-4-8-15(16)17(18(25)26-12-19(21,22)23)14(10-11-24)13-6-2-1-3-7-13/h1-9,11,14,17H,10,12H2/t14-,17-/m0/s1. The summed E-state index contributed by atoms with van der Waals surface area (Å²) < 4.78 is 37.7. The molecule has 2 nitrogen and oxygen atoms in total. The molecule has 0 heterocycles. The molecule has 0 fully saturated rings. The second-order valence-corrected chi connectivity index (χ2v) is 7.03. The summed E-state index contributed by atoms with van der Waals surface area (Å²) in [6.07, 6.45) is -3.79. The van der Waals surface area contributed by atoms with E-state index in [2.05, 4.69) is 0 Å². The van der Waals surface area contributed by atoms with Gasteiger partial charge in [-0.05, 0) is 17.2 Å². The summed E-state index contributed by atoms with van der Waals surface area (Å²) in [4.78, 5) is 23.9. The molecule has 2 aromatic rings. The van der Waals surface area contributed by atoms with E-state index in [1.165, 1.54) is 0 Å². The second-order valence-electron chi connectivity index (χ2n) is 5.64. The number of rotatable bonds is 7. The lowest BCUT2D eigenvalue weighted by Gasteiger charge is -2.26. The lowest BCUT2D eigenvalue weighted by Crippen LogP contribution is -2.22. The van der Waals surface area contributed by atoms with Crippen molar-refractivity contribution in [2.75, 3.05) is 5.75 Å². The van der Waals surface area contributed by atoms with E-state index in [0.717, 1.165) is 0 Å². The number of thioether (sulfide) groups is 1. The molecule has 0 N–H and O–H groups in total. The Labute approximate surface area is 158 Å². The van der Waals surface area contributed by atoms with Gasteiger partial charge in [0, 0.05) is 17.4 Å². The highest BCUT2D eigenvalue weighted by Gasteiger charge is 2.36. The molecule has 138 valence electrons. The molecule has 0 aliphatic carbocycles. The van der Waals surface area contributed by atoms with Crippen LogP contribution in [0.25, 0.3) is 0 Å². The van der Waals surface area contributed by atoms with E-state index in [1.54, 1.807) is 54.6 Å². The Kier molecular flexibility index (Phi) is 7.29. The van der Waals surface area contributed by atoms with Gasteiger partial charge in [0.25, 0.3) is 0 Å². The number of carbonyl (C=O) groups is 2. The van der Waals surface area contributed by atoms with Gasteiger partial charge < -0.3 is 4.79 Å². The second kappa shape index (κ2) is 9.24. The molecule has 2 rings (SSSR count). The predicted molar refractivity (Wildman–Crippen MR) is 97.6 cm³/mol. The minimum absolute atomic E-state index is 0.00176. The summed E-state index contributed by atoms with van der Waals surface area (Å²) in [5.41, 5.74) is 1.12. The van der Waals surface area contributed by atoms with Gasteiger partial charge in [0.2, 0.25) is 0 Å². The lowest BCUT2D eigenvalue weighted by molar-refractivity contribution is -0.115. The van der Waals surface area contributed by atoms with Crippen LogP contribution in [0.1, 0.15) is 29.4 Å². The summed E-state index contributed by atoms with van der Waals surface area (Å²) in [6, 6.07) is 15.3. The molecule has 0 bridgehead atoms. The third-order valence-corrected chi connectivity index (χ3v) is 5.21. The van der Waals surface area contributed by atoms with Crippen LogP contribution in [0.5, 0.6) is 0 Å². The van der Waals surface area contributed by atoms with Gasteiger partial charge in [0.1, 0.15) is 6.29 Å². The van der Waals surface area contributed by atoms with Crippen molar-refractivity contribution in [3.63, 3.8) is 0 Å². The maximum atomic E-state index is 12.7. The third kappa shape index (κ3) is 5.61. The number of benzene rings is 2. The van der Waals surface area contributed by atoms with Crippen molar-refractivity contribution < 1.29 is 22.8 Å². The molecule has 0 aliphatic rings. The molecule has 0 radical (unpaired) electrons. The van der Waals surface area contributed by atoms with E-state index >= 15 is 0 Å². The summed E-state index contributed by atoms with van der Waals surface area (Å²) in [5.74, 6) is -2.83. The molecule has 2 aromatic carbocycles. The van der Waals surface area contributed by atoms with Gasteiger partial charge in [0.15, 0.2) is 5.12 Å². The largest absolute Gasteiger partial charge is 0.398 e. The first-order chi connectivity index (χ1) is 12.3. The number of carbonyl (C=O) groups excluding carboxylic acids is 2. The summed E-state index contributed by atoms with van der Waals surface area (Å²) >= 11 is 6.42. The van der Waals surface area contributed by atoms with Crippen LogP contribution in [0, 0.1) is 0 Å². The Morgan fingerprint density at radius 3 is 2.27 bits per heavy atom. The zero-order valence-corrected chi connectivity index (χ0v) is 15.2. The van der Waals surface area contributed by atoms with E-state index in [-0.39, 0.29) is 23.2 Å². The Bertz CT molecular complexity index is 750. The lowest BCUT2D eigenvalue weighted by atomic mass is 9.80. The monoisotopic (exact) mass is 400 g/mol. The number of hydrogen-bond donors (Lipinski definition) is 0. The Morgan fingerprint density at radius 1 is 1.08 bits per heavy atom. The van der Waals surface area contributed by atoms with Gasteiger partial charge in [-0.3, -0.25) is 4.79 Å². The van der Waals surface area contributed by atoms with Gasteiger partial charge in [-0.2, -0.15) is 13.2 Å². The Balaban J connectivity index is 2.46. The summed E-state index contributed by atoms with van der Waals surface area (Å²) in [7, 11) is 0. The van der Waals surface area contributed by atoms with E-state index in [9.17, 15) is 22.8 Å². The van der Waals surface area contributed by atoms with Crippen LogP contribution >= 0.6 is 23.4 Å². The first kappa shape index (κ1) is 20.5. The predicted octanol–water partition coefficient (Wildman–Crippen LogP) is 5.62. The van der Waals surface area contributed by atoms with Crippen LogP contribution in [0.4, 0.5) is 13.2 Å². The van der Waals surface area contributed by atoms with Crippen LogP contribution in [0.2, 0.25) is 5.02 Å². The van der Waals surface area contributed by atoms with Gasteiger partial charge in [-0.1, -0.05) is 71.9 Å². The van der Waals surface area contributed by atoms with E-state index in [1.807, 2.05) is 0 Å². The first-order valence-electron chi connectivity index (χ1n) is 7.80. The van der Waals surface area contributed by atoms with Gasteiger partial charge in [0.05, 0.1) is 11.7 Å². The molecule has 7 heteroatoms. The fourth-order valence-corrected chi connectivity index (χ4v) is 3.78. The smallest absolute Gasteiger partial charge is 0.303 e. The van der Waals surface area contributed by atoms with Crippen LogP contribution < -0.4 is 0 Å². The minimum atomic E-state index is -4.46. The van der Waals surface area contributed by atoms with Crippen molar-refractivity contribution in [1.82, 2.24) is 0 Å². The maximum Gasteiger partial charge on any atom is 0.398 e. The highest BCUT2D eigenvalue weighted by molar-refractivity contribution is 8.13. The van der Waals surface area contributed by atoms with Crippen molar-refractivity contribution in [2.45, 2.75) is 24.4 Å². The molecule has 0 aliphatic heterocycles. The van der Waals surface area contributed by atoms with Crippen molar-refractivity contribution >= 4 is 34.8 Å². The number of aldehydes is 1. The molecular formula is C19H16ClF3O2S. The number of hydrogen-bond acceptors (Lipinski definition) is 3. The molecular weight excluding hydrogens is 385 g/mol. The van der Waals surface area contributed by atoms with Crippen molar-refractivity contribution in [1.29, 1.82) is 0 Å². The molecule has 2 atom stereocenters. The van der Waals surface area contributed by atoms with E-state index in [0.29, 0.717) is 17.4 Å². The highest BCUT2D eigenvalue weighted by Crippen LogP contribution is 2.41. The quantitative estimate of drug-likeness (QED) is 0.566. The number of alkyl halides is 3. The molecule has 0 saturated carbocycles. The van der Waals surface area contributed by atoms with Gasteiger partial charge in [-0.25, -0.2) is 0 Å². The van der Waals surface area contributed by atoms with Gasteiger partial charge in [-0.15, -0.1) is 0 Å². The third-order valence-electron chi connectivity index (χ3n) is 3.85. The maximum absolute atomic E-state index is 12.7. The zero-order valence-electron chi connectivity index (χ0n) is 13.6. The molecule has 0 aromatic heterocycles. The van der Waals surface area contributed by atoms with Crippen molar-refractivity contribution in [3.05, 3.63) is 70.7 Å². The van der Waals surface area contributed by atoms with E-state index < -0.39 is 28.9 Å². The van der Waals surface area contributed by atoms with E-state index in [4.69, 9.17) is 11.6 Å². The summed E-state index contributed by atoms with van der Waals surface area (Å²) in [5, 5.41) is -0.378. The molecule has 0 unspecified atom stereocenters. The topological polar surface area (TPSA) is 34.1 Å². The SMILES string of the molecule is O=CC[C@@H](c1ccccc1)[C@H](C(=O)SCC(F)(F)F)c1ccccc1Cl. The van der Waals surface area contributed by atoms with Crippen LogP contribution in [0.15, 0.2) is 54.6 Å². The fraction of sp³-hybridized carbons (Fsp3) is 0.263. The Hall–Kier alpha value is -1.79. The fourth-order valence-electron chi connectivity index (χ4n) is 2.75. The Morgan fingerprint density at radius 2 is 1.69 bits per heavy atom. The average molecular weight is 401 g/mol. The van der Waals surface area contributed by atoms with Crippen molar-refractivity contribution in [2.24, 2.45) is 0 Å². The minimum Gasteiger partial charge on any atom is -0.303 e.